The van der Waals surface area contributed by atoms with Crippen LogP contribution in [0.2, 0.25) is 0 Å². The molecular weight excluding hydrogens is 314 g/mol. The molecule has 5 fully saturated rings. The lowest BCUT2D eigenvalue weighted by atomic mass is 9.54. The summed E-state index contributed by atoms with van der Waals surface area (Å²) < 4.78 is 1.89. The Balaban J connectivity index is 1.18. The molecular formula is C19H29N5O. The topological polar surface area (TPSA) is 63.1 Å². The van der Waals surface area contributed by atoms with Gasteiger partial charge in [-0.15, -0.1) is 5.10 Å². The molecule has 4 saturated carbocycles. The third kappa shape index (κ3) is 3.09. The fraction of sp³-hybridized carbons (Fsp3) is 0.842. The van der Waals surface area contributed by atoms with Gasteiger partial charge in [0.2, 0.25) is 5.91 Å². The normalized spacial score (nSPS) is 39.8. The van der Waals surface area contributed by atoms with Crippen LogP contribution < -0.4 is 5.32 Å². The van der Waals surface area contributed by atoms with Crippen LogP contribution >= 0.6 is 0 Å². The summed E-state index contributed by atoms with van der Waals surface area (Å²) in [5, 5.41) is 11.4. The van der Waals surface area contributed by atoms with Crippen LogP contribution in [0.1, 0.15) is 44.9 Å². The molecule has 5 aliphatic rings. The minimum absolute atomic E-state index is 0.239. The molecule has 1 aromatic rings. The third-order valence-corrected chi connectivity index (χ3v) is 7.27. The Morgan fingerprint density at radius 3 is 2.56 bits per heavy atom. The number of aromatic nitrogens is 3. The Bertz CT molecular complexity index is 587. The smallest absolute Gasteiger partial charge is 0.234 e. The van der Waals surface area contributed by atoms with Crippen molar-refractivity contribution in [3.05, 3.63) is 12.4 Å². The van der Waals surface area contributed by atoms with Crippen LogP contribution in [-0.4, -0.2) is 51.0 Å². The van der Waals surface area contributed by atoms with E-state index in [1.807, 2.05) is 10.9 Å². The van der Waals surface area contributed by atoms with E-state index in [2.05, 4.69) is 20.5 Å². The molecule has 25 heavy (non-hydrogen) atoms. The van der Waals surface area contributed by atoms with Crippen molar-refractivity contribution in [1.82, 2.24) is 25.2 Å². The summed E-state index contributed by atoms with van der Waals surface area (Å²) in [7, 11) is 0. The molecule has 6 heteroatoms. The Labute approximate surface area is 149 Å². The van der Waals surface area contributed by atoms with Gasteiger partial charge in [0.05, 0.1) is 19.3 Å². The van der Waals surface area contributed by atoms with Crippen molar-refractivity contribution in [2.75, 3.05) is 13.1 Å². The average Bonchev–Trinajstić information content (AvgIpc) is 3.23. The Kier molecular flexibility index (Phi) is 4.03. The molecule has 6 rings (SSSR count). The van der Waals surface area contributed by atoms with Crippen LogP contribution in [0.25, 0.3) is 0 Å². The van der Waals surface area contributed by atoms with E-state index in [1.165, 1.54) is 38.5 Å². The van der Waals surface area contributed by atoms with E-state index >= 15 is 0 Å². The first-order valence-electron chi connectivity index (χ1n) is 10.1. The van der Waals surface area contributed by atoms with Crippen molar-refractivity contribution >= 4 is 5.91 Å². The highest BCUT2D eigenvalue weighted by Gasteiger charge is 2.48. The highest BCUT2D eigenvalue weighted by molar-refractivity contribution is 5.78. The molecule has 136 valence electrons. The summed E-state index contributed by atoms with van der Waals surface area (Å²) in [6, 6.07) is 0.864. The molecule has 0 spiro atoms. The Morgan fingerprint density at radius 1 is 1.12 bits per heavy atom. The molecule has 4 aliphatic carbocycles. The van der Waals surface area contributed by atoms with E-state index in [0.717, 1.165) is 43.2 Å². The maximum atomic E-state index is 12.8. The van der Waals surface area contributed by atoms with Gasteiger partial charge in [-0.2, -0.15) is 0 Å². The van der Waals surface area contributed by atoms with E-state index in [0.29, 0.717) is 18.6 Å². The minimum Gasteiger partial charge on any atom is -0.352 e. The van der Waals surface area contributed by atoms with E-state index < -0.39 is 0 Å². The van der Waals surface area contributed by atoms with E-state index in [1.54, 1.807) is 6.20 Å². The van der Waals surface area contributed by atoms with Crippen LogP contribution in [0.4, 0.5) is 0 Å². The number of carbonyl (C=O) groups excluding carboxylic acids is 1. The van der Waals surface area contributed by atoms with Crippen molar-refractivity contribution in [2.24, 2.45) is 23.7 Å². The molecule has 1 amide bonds. The lowest BCUT2D eigenvalue weighted by Gasteiger charge is -2.54. The predicted octanol–water partition coefficient (Wildman–Crippen LogP) is 1.68. The van der Waals surface area contributed by atoms with Crippen LogP contribution in [0.5, 0.6) is 0 Å². The number of nitrogens with one attached hydrogen (secondary N) is 1. The van der Waals surface area contributed by atoms with E-state index in [4.69, 9.17) is 0 Å². The molecule has 1 atom stereocenters. The maximum absolute atomic E-state index is 12.8. The lowest BCUT2D eigenvalue weighted by molar-refractivity contribution is -0.126. The van der Waals surface area contributed by atoms with Gasteiger partial charge in [-0.3, -0.25) is 14.4 Å². The van der Waals surface area contributed by atoms with Crippen molar-refractivity contribution < 1.29 is 4.79 Å². The zero-order chi connectivity index (χ0) is 16.8. The first-order valence-corrected chi connectivity index (χ1v) is 10.1. The first-order chi connectivity index (χ1) is 12.2. The standard InChI is InChI=1S/C19H29N5O/c25-18(12-23-4-1-2-17(23)11-24-5-3-20-22-24)21-19-15-7-13-6-14(9-15)10-16(19)8-13/h3,5,13-17,19H,1-2,4,6-12H2,(H,21,25)/t13?,14?,15?,16?,17-,19?/m0/s1. The molecule has 1 N–H and O–H groups in total. The molecule has 0 radical (unpaired) electrons. The van der Waals surface area contributed by atoms with Gasteiger partial charge in [-0.1, -0.05) is 5.21 Å². The number of hydrogen-bond donors (Lipinski definition) is 1. The molecule has 1 aromatic heterocycles. The van der Waals surface area contributed by atoms with Crippen molar-refractivity contribution in [2.45, 2.75) is 63.6 Å². The zero-order valence-corrected chi connectivity index (χ0v) is 14.9. The molecule has 0 aromatic carbocycles. The first kappa shape index (κ1) is 15.8. The summed E-state index contributed by atoms with van der Waals surface area (Å²) in [4.78, 5) is 15.1. The van der Waals surface area contributed by atoms with Crippen LogP contribution in [-0.2, 0) is 11.3 Å². The molecule has 6 nitrogen and oxygen atoms in total. The summed E-state index contributed by atoms with van der Waals surface area (Å²) in [6.45, 7) is 2.40. The van der Waals surface area contributed by atoms with Crippen LogP contribution in [0.15, 0.2) is 12.4 Å². The van der Waals surface area contributed by atoms with Gasteiger partial charge in [0.15, 0.2) is 0 Å². The molecule has 1 aliphatic heterocycles. The third-order valence-electron chi connectivity index (χ3n) is 7.27. The maximum Gasteiger partial charge on any atom is 0.234 e. The predicted molar refractivity (Wildman–Crippen MR) is 93.6 cm³/mol. The number of amides is 1. The number of nitrogens with zero attached hydrogens (tertiary/aromatic N) is 4. The fourth-order valence-corrected chi connectivity index (χ4v) is 6.43. The largest absolute Gasteiger partial charge is 0.352 e. The second kappa shape index (κ2) is 6.38. The summed E-state index contributed by atoms with van der Waals surface area (Å²) >= 11 is 0. The average molecular weight is 343 g/mol. The van der Waals surface area contributed by atoms with Crippen molar-refractivity contribution in [1.29, 1.82) is 0 Å². The summed E-state index contributed by atoms with van der Waals surface area (Å²) in [5.74, 6) is 3.67. The van der Waals surface area contributed by atoms with Crippen molar-refractivity contribution in [3.8, 4) is 0 Å². The quantitative estimate of drug-likeness (QED) is 0.884. The SMILES string of the molecule is O=C(CN1CCC[C@H]1Cn1ccnn1)NC1C2CC3CC(C2)CC1C3. The van der Waals surface area contributed by atoms with E-state index in [9.17, 15) is 4.79 Å². The van der Waals surface area contributed by atoms with Crippen LogP contribution in [0.3, 0.4) is 0 Å². The highest BCUT2D eigenvalue weighted by atomic mass is 16.2. The molecule has 2 heterocycles. The number of carbonyl (C=O) groups is 1. The van der Waals surface area contributed by atoms with Gasteiger partial charge >= 0.3 is 0 Å². The fourth-order valence-electron chi connectivity index (χ4n) is 6.43. The highest BCUT2D eigenvalue weighted by Crippen LogP contribution is 2.53. The summed E-state index contributed by atoms with van der Waals surface area (Å²) in [6.07, 6.45) is 12.8. The van der Waals surface area contributed by atoms with Crippen LogP contribution in [0, 0.1) is 23.7 Å². The second-order valence-corrected chi connectivity index (χ2v) is 8.92. The van der Waals surface area contributed by atoms with Gasteiger partial charge in [0, 0.05) is 18.3 Å². The number of rotatable bonds is 5. The molecule has 4 bridgehead atoms. The minimum atomic E-state index is 0.239. The molecule has 1 saturated heterocycles. The van der Waals surface area contributed by atoms with Gasteiger partial charge < -0.3 is 5.32 Å². The van der Waals surface area contributed by atoms with Gasteiger partial charge in [0.1, 0.15) is 0 Å². The monoisotopic (exact) mass is 343 g/mol. The van der Waals surface area contributed by atoms with Crippen molar-refractivity contribution in [3.63, 3.8) is 0 Å². The number of likely N-dealkylation sites (tertiary alicyclic amines) is 1. The Hall–Kier alpha value is -1.43. The second-order valence-electron chi connectivity index (χ2n) is 8.92. The summed E-state index contributed by atoms with van der Waals surface area (Å²) in [5.41, 5.74) is 0. The zero-order valence-electron chi connectivity index (χ0n) is 14.9. The van der Waals surface area contributed by atoms with Gasteiger partial charge in [0.25, 0.3) is 0 Å². The van der Waals surface area contributed by atoms with E-state index in [-0.39, 0.29) is 5.91 Å². The Morgan fingerprint density at radius 2 is 1.88 bits per heavy atom. The van der Waals surface area contributed by atoms with Gasteiger partial charge in [-0.05, 0) is 75.2 Å². The van der Waals surface area contributed by atoms with Gasteiger partial charge in [-0.25, -0.2) is 0 Å². The molecule has 0 unspecified atom stereocenters. The lowest BCUT2D eigenvalue weighted by Crippen LogP contribution is -2.57. The number of hydrogen-bond acceptors (Lipinski definition) is 4.